The summed E-state index contributed by atoms with van der Waals surface area (Å²) in [6.07, 6.45) is 0. The predicted octanol–water partition coefficient (Wildman–Crippen LogP) is 7.32. The first kappa shape index (κ1) is 20.4. The van der Waals surface area contributed by atoms with Crippen LogP contribution in [-0.4, -0.2) is 9.97 Å². The number of nitrogens with zero attached hydrogens (tertiary/aromatic N) is 3. The number of aryl methyl sites for hydroxylation is 1. The van der Waals surface area contributed by atoms with E-state index in [4.69, 9.17) is 10.2 Å². The molecule has 156 valence electrons. The fourth-order valence-electron chi connectivity index (χ4n) is 3.95. The Bertz CT molecular complexity index is 1390. The maximum absolute atomic E-state index is 9.10. The summed E-state index contributed by atoms with van der Waals surface area (Å²) in [7, 11) is 0. The first-order chi connectivity index (χ1) is 16.2. The van der Waals surface area contributed by atoms with Crippen LogP contribution in [0.15, 0.2) is 109 Å². The van der Waals surface area contributed by atoms with E-state index in [-0.39, 0.29) is 0 Å². The molecule has 0 saturated carbocycles. The lowest BCUT2D eigenvalue weighted by atomic mass is 9.94. The summed E-state index contributed by atoms with van der Waals surface area (Å²) in [4.78, 5) is 9.42. The maximum Gasteiger partial charge on any atom is 0.126 e. The normalized spacial score (nSPS) is 10.5. The van der Waals surface area contributed by atoms with Gasteiger partial charge in [-0.15, -0.1) is 0 Å². The van der Waals surface area contributed by atoms with Crippen molar-refractivity contribution in [2.75, 3.05) is 0 Å². The van der Waals surface area contributed by atoms with Gasteiger partial charge >= 0.3 is 0 Å². The summed E-state index contributed by atoms with van der Waals surface area (Å²) in [6, 6.07) is 39.1. The van der Waals surface area contributed by atoms with E-state index in [1.165, 1.54) is 0 Å². The number of hydrogen-bond donors (Lipinski definition) is 0. The molecule has 0 atom stereocenters. The lowest BCUT2D eigenvalue weighted by Crippen LogP contribution is -1.95. The van der Waals surface area contributed by atoms with Crippen LogP contribution in [0.4, 0.5) is 0 Å². The van der Waals surface area contributed by atoms with E-state index in [2.05, 4.69) is 77.8 Å². The molecule has 3 nitrogen and oxygen atoms in total. The van der Waals surface area contributed by atoms with Gasteiger partial charge in [0, 0.05) is 11.1 Å². The highest BCUT2D eigenvalue weighted by atomic mass is 14.9. The van der Waals surface area contributed by atoms with Crippen LogP contribution in [-0.2, 0) is 0 Å². The molecule has 0 aliphatic heterocycles. The molecular weight excluding hydrogens is 402 g/mol. The molecule has 0 fully saturated rings. The molecule has 5 rings (SSSR count). The molecule has 1 aromatic heterocycles. The molecule has 0 radical (unpaired) electrons. The zero-order chi connectivity index (χ0) is 22.6. The third-order valence-electron chi connectivity index (χ3n) is 5.59. The minimum atomic E-state index is 0.632. The molecule has 0 N–H and O–H groups in total. The van der Waals surface area contributed by atoms with Gasteiger partial charge in [0.05, 0.1) is 23.0 Å². The van der Waals surface area contributed by atoms with E-state index in [9.17, 15) is 0 Å². The summed E-state index contributed by atoms with van der Waals surface area (Å²) in [5.74, 6) is 0.707. The molecule has 1 heterocycles. The molecular formula is C30H21N3. The van der Waals surface area contributed by atoms with Crippen LogP contribution in [0.5, 0.6) is 0 Å². The molecule has 0 spiro atoms. The molecule has 5 aromatic rings. The number of rotatable bonds is 4. The van der Waals surface area contributed by atoms with Gasteiger partial charge < -0.3 is 0 Å². The number of hydrogen-bond acceptors (Lipinski definition) is 3. The molecule has 0 aliphatic carbocycles. The molecule has 0 saturated heterocycles. The van der Waals surface area contributed by atoms with Gasteiger partial charge in [0.2, 0.25) is 0 Å². The summed E-state index contributed by atoms with van der Waals surface area (Å²) in [6.45, 7) is 1.91. The molecule has 0 amide bonds. The lowest BCUT2D eigenvalue weighted by molar-refractivity contribution is 1.06. The number of benzene rings is 4. The summed E-state index contributed by atoms with van der Waals surface area (Å²) in [5.41, 5.74) is 8.95. The monoisotopic (exact) mass is 423 g/mol. The highest BCUT2D eigenvalue weighted by Gasteiger charge is 2.11. The van der Waals surface area contributed by atoms with Crippen LogP contribution >= 0.6 is 0 Å². The Balaban J connectivity index is 1.67. The van der Waals surface area contributed by atoms with Gasteiger partial charge in [0.1, 0.15) is 5.82 Å². The average molecular weight is 424 g/mol. The number of aromatic nitrogens is 2. The molecule has 0 unspecified atom stereocenters. The average Bonchev–Trinajstić information content (AvgIpc) is 2.89. The maximum atomic E-state index is 9.10. The van der Waals surface area contributed by atoms with Gasteiger partial charge in [-0.3, -0.25) is 0 Å². The second-order valence-corrected chi connectivity index (χ2v) is 7.91. The number of nitriles is 1. The van der Waals surface area contributed by atoms with Crippen molar-refractivity contribution in [2.24, 2.45) is 0 Å². The van der Waals surface area contributed by atoms with Crippen molar-refractivity contribution in [3.63, 3.8) is 0 Å². The summed E-state index contributed by atoms with van der Waals surface area (Å²) >= 11 is 0. The Labute approximate surface area is 193 Å². The van der Waals surface area contributed by atoms with Gasteiger partial charge in [-0.2, -0.15) is 5.26 Å². The standard InChI is InChI=1S/C30H21N3/c1-21-32-29(25-14-12-22(20-31)13-15-25)19-30(33-21)28-17-26(23-8-4-2-5-9-23)16-27(18-28)24-10-6-3-7-11-24/h2-19H,1H3. The minimum absolute atomic E-state index is 0.632. The fourth-order valence-corrected chi connectivity index (χ4v) is 3.95. The highest BCUT2D eigenvalue weighted by Crippen LogP contribution is 2.33. The third-order valence-corrected chi connectivity index (χ3v) is 5.59. The smallest absolute Gasteiger partial charge is 0.126 e. The third kappa shape index (κ3) is 4.42. The van der Waals surface area contributed by atoms with Crippen molar-refractivity contribution in [1.29, 1.82) is 5.26 Å². The van der Waals surface area contributed by atoms with Gasteiger partial charge in [-0.1, -0.05) is 72.8 Å². The van der Waals surface area contributed by atoms with Gasteiger partial charge in [0.25, 0.3) is 0 Å². The second kappa shape index (κ2) is 8.90. The topological polar surface area (TPSA) is 49.6 Å². The van der Waals surface area contributed by atoms with E-state index in [1.807, 2.05) is 49.4 Å². The largest absolute Gasteiger partial charge is 0.233 e. The van der Waals surface area contributed by atoms with Crippen molar-refractivity contribution in [2.45, 2.75) is 6.92 Å². The van der Waals surface area contributed by atoms with E-state index in [0.717, 1.165) is 44.8 Å². The van der Waals surface area contributed by atoms with Gasteiger partial charge in [-0.05, 0) is 65.6 Å². The van der Waals surface area contributed by atoms with Crippen LogP contribution < -0.4 is 0 Å². The summed E-state index contributed by atoms with van der Waals surface area (Å²) < 4.78 is 0. The van der Waals surface area contributed by atoms with E-state index < -0.39 is 0 Å². The predicted molar refractivity (Wildman–Crippen MR) is 133 cm³/mol. The zero-order valence-electron chi connectivity index (χ0n) is 18.2. The van der Waals surface area contributed by atoms with Crippen molar-refractivity contribution in [1.82, 2.24) is 9.97 Å². The first-order valence-electron chi connectivity index (χ1n) is 10.8. The molecule has 0 aliphatic rings. The van der Waals surface area contributed by atoms with Crippen molar-refractivity contribution < 1.29 is 0 Å². The van der Waals surface area contributed by atoms with Crippen LogP contribution in [0.25, 0.3) is 44.8 Å². The van der Waals surface area contributed by atoms with Crippen LogP contribution in [0, 0.1) is 18.3 Å². The quantitative estimate of drug-likeness (QED) is 0.304. The van der Waals surface area contributed by atoms with Crippen LogP contribution in [0.1, 0.15) is 11.4 Å². The van der Waals surface area contributed by atoms with Crippen LogP contribution in [0.3, 0.4) is 0 Å². The summed E-state index contributed by atoms with van der Waals surface area (Å²) in [5, 5.41) is 9.10. The van der Waals surface area contributed by atoms with Gasteiger partial charge in [0.15, 0.2) is 0 Å². The molecule has 33 heavy (non-hydrogen) atoms. The van der Waals surface area contributed by atoms with E-state index in [1.54, 1.807) is 0 Å². The minimum Gasteiger partial charge on any atom is -0.233 e. The van der Waals surface area contributed by atoms with Crippen molar-refractivity contribution in [3.8, 4) is 50.8 Å². The fraction of sp³-hybridized carbons (Fsp3) is 0.0333. The Morgan fingerprint density at radius 2 is 1.00 bits per heavy atom. The lowest BCUT2D eigenvalue weighted by Gasteiger charge is -2.12. The first-order valence-corrected chi connectivity index (χ1v) is 10.8. The SMILES string of the molecule is Cc1nc(-c2ccc(C#N)cc2)cc(-c2cc(-c3ccccc3)cc(-c3ccccc3)c2)n1. The molecule has 4 aromatic carbocycles. The Morgan fingerprint density at radius 1 is 0.515 bits per heavy atom. The zero-order valence-corrected chi connectivity index (χ0v) is 18.2. The van der Waals surface area contributed by atoms with E-state index >= 15 is 0 Å². The second-order valence-electron chi connectivity index (χ2n) is 7.91. The molecule has 0 bridgehead atoms. The Hall–Kier alpha value is -4.55. The van der Waals surface area contributed by atoms with Crippen molar-refractivity contribution in [3.05, 3.63) is 121 Å². The molecule has 3 heteroatoms. The van der Waals surface area contributed by atoms with Gasteiger partial charge in [-0.25, -0.2) is 9.97 Å². The Morgan fingerprint density at radius 3 is 1.52 bits per heavy atom. The van der Waals surface area contributed by atoms with Crippen molar-refractivity contribution >= 4 is 0 Å². The van der Waals surface area contributed by atoms with Crippen LogP contribution in [0.2, 0.25) is 0 Å². The van der Waals surface area contributed by atoms with E-state index in [0.29, 0.717) is 11.4 Å². The Kier molecular flexibility index (Phi) is 5.49. The highest BCUT2D eigenvalue weighted by molar-refractivity contribution is 5.81.